The van der Waals surface area contributed by atoms with Gasteiger partial charge in [0.2, 0.25) is 5.91 Å². The van der Waals surface area contributed by atoms with E-state index in [4.69, 9.17) is 4.74 Å². The highest BCUT2D eigenvalue weighted by Crippen LogP contribution is 2.23. The summed E-state index contributed by atoms with van der Waals surface area (Å²) in [5.74, 6) is 0.403. The molecule has 1 aromatic carbocycles. The van der Waals surface area contributed by atoms with Crippen LogP contribution in [0.25, 0.3) is 6.08 Å². The summed E-state index contributed by atoms with van der Waals surface area (Å²) < 4.78 is 9.39. The predicted octanol–water partition coefficient (Wildman–Crippen LogP) is 2.35. The molecular weight excluding hydrogens is 318 g/mol. The molecule has 7 nitrogen and oxygen atoms in total. The zero-order chi connectivity index (χ0) is 17.5. The van der Waals surface area contributed by atoms with E-state index in [1.165, 1.54) is 6.08 Å². The number of nitrogens with one attached hydrogen (secondary N) is 1. The lowest BCUT2D eigenvalue weighted by molar-refractivity contribution is -0.111. The largest absolute Gasteiger partial charge is 0.490 e. The molecule has 3 aromatic rings. The van der Waals surface area contributed by atoms with Gasteiger partial charge < -0.3 is 14.6 Å². The number of hydrogen-bond acceptors (Lipinski definition) is 4. The van der Waals surface area contributed by atoms with Crippen LogP contribution in [0.3, 0.4) is 0 Å². The third-order valence-corrected chi connectivity index (χ3v) is 3.46. The first-order valence-electron chi connectivity index (χ1n) is 7.86. The average molecular weight is 337 g/mol. The Hall–Kier alpha value is -3.35. The summed E-state index contributed by atoms with van der Waals surface area (Å²) in [4.78, 5) is 16.1. The Labute approximate surface area is 145 Å². The van der Waals surface area contributed by atoms with Gasteiger partial charge in [0, 0.05) is 37.3 Å². The van der Waals surface area contributed by atoms with Crippen molar-refractivity contribution in [1.29, 1.82) is 0 Å². The van der Waals surface area contributed by atoms with Crippen molar-refractivity contribution >= 4 is 17.7 Å². The monoisotopic (exact) mass is 337 g/mol. The van der Waals surface area contributed by atoms with Crippen molar-refractivity contribution in [3.8, 4) is 5.75 Å². The molecule has 25 heavy (non-hydrogen) atoms. The van der Waals surface area contributed by atoms with Crippen LogP contribution in [0.15, 0.2) is 61.5 Å². The molecule has 3 rings (SSSR count). The van der Waals surface area contributed by atoms with Crippen LogP contribution in [0.4, 0.5) is 5.69 Å². The van der Waals surface area contributed by atoms with E-state index in [-0.39, 0.29) is 5.91 Å². The van der Waals surface area contributed by atoms with Gasteiger partial charge in [-0.05, 0) is 18.2 Å². The summed E-state index contributed by atoms with van der Waals surface area (Å²) in [6.45, 7) is 1.16. The van der Waals surface area contributed by atoms with E-state index in [0.29, 0.717) is 24.6 Å². The summed E-state index contributed by atoms with van der Waals surface area (Å²) in [5.41, 5.74) is 1.50. The van der Waals surface area contributed by atoms with Gasteiger partial charge in [-0.25, -0.2) is 4.98 Å². The Kier molecular flexibility index (Phi) is 5.26. The number of imidazole rings is 1. The molecule has 0 spiro atoms. The summed E-state index contributed by atoms with van der Waals surface area (Å²) in [6.07, 6.45) is 12.0. The first-order valence-corrected chi connectivity index (χ1v) is 7.86. The summed E-state index contributed by atoms with van der Waals surface area (Å²) in [5, 5.41) is 6.89. The topological polar surface area (TPSA) is 74.0 Å². The second kappa shape index (κ2) is 7.96. The van der Waals surface area contributed by atoms with E-state index in [9.17, 15) is 4.79 Å². The lowest BCUT2D eigenvalue weighted by Crippen LogP contribution is -2.11. The van der Waals surface area contributed by atoms with Gasteiger partial charge in [0.15, 0.2) is 0 Å². The van der Waals surface area contributed by atoms with E-state index in [2.05, 4.69) is 15.4 Å². The molecule has 0 aliphatic carbocycles. The van der Waals surface area contributed by atoms with Crippen LogP contribution < -0.4 is 10.1 Å². The lowest BCUT2D eigenvalue weighted by Gasteiger charge is -2.11. The summed E-state index contributed by atoms with van der Waals surface area (Å²) in [6, 6.07) is 7.35. The first kappa shape index (κ1) is 16.5. The van der Waals surface area contributed by atoms with Crippen LogP contribution >= 0.6 is 0 Å². The van der Waals surface area contributed by atoms with Gasteiger partial charge in [-0.3, -0.25) is 9.48 Å². The Morgan fingerprint density at radius 3 is 3.00 bits per heavy atom. The fraction of sp³-hybridized carbons (Fsp3) is 0.167. The number of aromatic nitrogens is 4. The minimum atomic E-state index is -0.227. The number of aryl methyl sites for hydroxylation is 1. The number of benzene rings is 1. The number of para-hydroxylation sites is 2. The van der Waals surface area contributed by atoms with Crippen molar-refractivity contribution < 1.29 is 9.53 Å². The van der Waals surface area contributed by atoms with Gasteiger partial charge in [0.05, 0.1) is 24.8 Å². The molecule has 0 unspecified atom stereocenters. The minimum Gasteiger partial charge on any atom is -0.490 e. The number of carbonyl (C=O) groups is 1. The van der Waals surface area contributed by atoms with E-state index in [1.54, 1.807) is 29.5 Å². The highest BCUT2D eigenvalue weighted by molar-refractivity contribution is 6.02. The Bertz CT molecular complexity index is 852. The van der Waals surface area contributed by atoms with Crippen LogP contribution in [0.5, 0.6) is 5.75 Å². The molecular formula is C18H19N5O2. The van der Waals surface area contributed by atoms with Crippen LogP contribution in [-0.4, -0.2) is 31.8 Å². The highest BCUT2D eigenvalue weighted by atomic mass is 16.5. The number of anilines is 1. The molecule has 0 aliphatic rings. The molecule has 0 aliphatic heterocycles. The van der Waals surface area contributed by atoms with Gasteiger partial charge in [-0.2, -0.15) is 5.10 Å². The number of hydrogen-bond donors (Lipinski definition) is 1. The molecule has 0 fully saturated rings. The summed E-state index contributed by atoms with van der Waals surface area (Å²) >= 11 is 0. The lowest BCUT2D eigenvalue weighted by atomic mass is 10.2. The second-order valence-corrected chi connectivity index (χ2v) is 5.42. The summed E-state index contributed by atoms with van der Waals surface area (Å²) in [7, 11) is 1.83. The van der Waals surface area contributed by atoms with Gasteiger partial charge in [-0.1, -0.05) is 12.1 Å². The second-order valence-electron chi connectivity index (χ2n) is 5.42. The highest BCUT2D eigenvalue weighted by Gasteiger charge is 2.05. The number of carbonyl (C=O) groups excluding carboxylic acids is 1. The van der Waals surface area contributed by atoms with Gasteiger partial charge in [-0.15, -0.1) is 0 Å². The minimum absolute atomic E-state index is 0.227. The molecule has 1 amide bonds. The fourth-order valence-electron chi connectivity index (χ4n) is 2.25. The van der Waals surface area contributed by atoms with E-state index in [0.717, 1.165) is 5.56 Å². The third-order valence-electron chi connectivity index (χ3n) is 3.46. The fourth-order valence-corrected chi connectivity index (χ4v) is 2.25. The van der Waals surface area contributed by atoms with Crippen molar-refractivity contribution in [2.45, 2.75) is 6.54 Å². The van der Waals surface area contributed by atoms with Crippen molar-refractivity contribution in [1.82, 2.24) is 19.3 Å². The molecule has 0 saturated heterocycles. The molecule has 128 valence electrons. The van der Waals surface area contributed by atoms with E-state index >= 15 is 0 Å². The van der Waals surface area contributed by atoms with Crippen LogP contribution in [0, 0.1) is 0 Å². The molecule has 7 heteroatoms. The average Bonchev–Trinajstić information content (AvgIpc) is 3.26. The maximum Gasteiger partial charge on any atom is 0.248 e. The molecule has 0 saturated carbocycles. The SMILES string of the molecule is Cn1cc(/C=C/C(=O)Nc2ccccc2OCCn2ccnc2)cn1. The number of amides is 1. The maximum atomic E-state index is 12.1. The normalized spacial score (nSPS) is 10.9. The van der Waals surface area contributed by atoms with Crippen molar-refractivity contribution in [2.24, 2.45) is 7.05 Å². The number of ether oxygens (including phenoxy) is 1. The van der Waals surface area contributed by atoms with Crippen LogP contribution in [0.2, 0.25) is 0 Å². The molecule has 0 bridgehead atoms. The Morgan fingerprint density at radius 2 is 2.24 bits per heavy atom. The molecule has 2 aromatic heterocycles. The molecule has 0 atom stereocenters. The van der Waals surface area contributed by atoms with Crippen LogP contribution in [0.1, 0.15) is 5.56 Å². The van der Waals surface area contributed by atoms with Crippen LogP contribution in [-0.2, 0) is 18.4 Å². The number of rotatable bonds is 7. The molecule has 2 heterocycles. The standard InChI is InChI=1S/C18H19N5O2/c1-22-13-15(12-20-22)6-7-18(24)21-16-4-2-3-5-17(16)25-11-10-23-9-8-19-14-23/h2-9,12-14H,10-11H2,1H3,(H,21,24)/b7-6+. The van der Waals surface area contributed by atoms with Gasteiger partial charge in [0.1, 0.15) is 12.4 Å². The Balaban J connectivity index is 1.58. The van der Waals surface area contributed by atoms with E-state index in [1.807, 2.05) is 48.3 Å². The Morgan fingerprint density at radius 1 is 1.36 bits per heavy atom. The third kappa shape index (κ3) is 4.81. The molecule has 0 radical (unpaired) electrons. The zero-order valence-electron chi connectivity index (χ0n) is 13.9. The predicted molar refractivity (Wildman–Crippen MR) is 95.0 cm³/mol. The van der Waals surface area contributed by atoms with E-state index < -0.39 is 0 Å². The smallest absolute Gasteiger partial charge is 0.248 e. The van der Waals surface area contributed by atoms with Crippen molar-refractivity contribution in [3.63, 3.8) is 0 Å². The van der Waals surface area contributed by atoms with Gasteiger partial charge in [0.25, 0.3) is 0 Å². The molecule has 1 N–H and O–H groups in total. The zero-order valence-corrected chi connectivity index (χ0v) is 13.9. The maximum absolute atomic E-state index is 12.1. The van der Waals surface area contributed by atoms with Crippen molar-refractivity contribution in [3.05, 3.63) is 67.0 Å². The number of nitrogens with zero attached hydrogens (tertiary/aromatic N) is 4. The quantitative estimate of drug-likeness (QED) is 0.672. The van der Waals surface area contributed by atoms with Gasteiger partial charge >= 0.3 is 0 Å². The van der Waals surface area contributed by atoms with Crippen molar-refractivity contribution in [2.75, 3.05) is 11.9 Å². The first-order chi connectivity index (χ1) is 12.2.